The fourth-order valence-electron chi connectivity index (χ4n) is 1.39. The van der Waals surface area contributed by atoms with E-state index < -0.39 is 5.60 Å². The number of rotatable bonds is 7. The Labute approximate surface area is 75.6 Å². The predicted molar refractivity (Wildman–Crippen MR) is 51.1 cm³/mol. The van der Waals surface area contributed by atoms with E-state index in [0.29, 0.717) is 6.42 Å². The summed E-state index contributed by atoms with van der Waals surface area (Å²) in [5.74, 6) is 0. The van der Waals surface area contributed by atoms with Crippen LogP contribution in [0.1, 0.15) is 52.4 Å². The molecule has 0 aliphatic carbocycles. The average Bonchev–Trinajstić information content (AvgIpc) is 2.06. The maximum Gasteiger partial charge on any atom is 0.0667 e. The molecule has 0 bridgehead atoms. The number of unbranched alkanes of at least 4 members (excludes halogenated alkanes) is 2. The normalized spacial score (nSPS) is 16.0. The minimum Gasteiger partial charge on any atom is -0.396 e. The van der Waals surface area contributed by atoms with Gasteiger partial charge in [0.2, 0.25) is 0 Å². The Kier molecular flexibility index (Phi) is 6.39. The zero-order valence-corrected chi connectivity index (χ0v) is 8.34. The molecule has 0 saturated heterocycles. The predicted octanol–water partition coefficient (Wildman–Crippen LogP) is 2.09. The third-order valence-corrected chi connectivity index (χ3v) is 2.48. The van der Waals surface area contributed by atoms with Gasteiger partial charge >= 0.3 is 0 Å². The second kappa shape index (κ2) is 6.44. The van der Waals surface area contributed by atoms with Crippen molar-refractivity contribution in [1.82, 2.24) is 0 Å². The molecule has 0 amide bonds. The summed E-state index contributed by atoms with van der Waals surface area (Å²) in [5.41, 5.74) is -0.607. The van der Waals surface area contributed by atoms with E-state index in [1.165, 1.54) is 12.8 Å². The Morgan fingerprint density at radius 2 is 1.75 bits per heavy atom. The Hall–Kier alpha value is -0.0800. The van der Waals surface area contributed by atoms with Crippen LogP contribution >= 0.6 is 0 Å². The topological polar surface area (TPSA) is 40.5 Å². The van der Waals surface area contributed by atoms with Gasteiger partial charge in [0.25, 0.3) is 0 Å². The molecule has 0 aromatic rings. The molecule has 2 heteroatoms. The molecule has 1 unspecified atom stereocenters. The van der Waals surface area contributed by atoms with Gasteiger partial charge in [-0.3, -0.25) is 0 Å². The Bertz CT molecular complexity index is 104. The summed E-state index contributed by atoms with van der Waals surface area (Å²) < 4.78 is 0. The van der Waals surface area contributed by atoms with Crippen LogP contribution in [0.2, 0.25) is 0 Å². The van der Waals surface area contributed by atoms with Crippen LogP contribution in [0, 0.1) is 0 Å². The van der Waals surface area contributed by atoms with Gasteiger partial charge in [-0.25, -0.2) is 0 Å². The summed E-state index contributed by atoms with van der Waals surface area (Å²) in [5, 5.41) is 18.6. The molecule has 0 saturated carbocycles. The van der Waals surface area contributed by atoms with E-state index >= 15 is 0 Å². The minimum absolute atomic E-state index is 0.0937. The van der Waals surface area contributed by atoms with Crippen molar-refractivity contribution in [3.05, 3.63) is 0 Å². The Balaban J connectivity index is 3.63. The van der Waals surface area contributed by atoms with Crippen molar-refractivity contribution in [2.45, 2.75) is 58.0 Å². The molecular weight excluding hydrogens is 152 g/mol. The zero-order chi connectivity index (χ0) is 9.45. The fourth-order valence-corrected chi connectivity index (χ4v) is 1.39. The van der Waals surface area contributed by atoms with Gasteiger partial charge in [0.1, 0.15) is 0 Å². The first kappa shape index (κ1) is 11.9. The molecule has 0 aliphatic rings. The average molecular weight is 174 g/mol. The fraction of sp³-hybridized carbons (Fsp3) is 1.00. The highest BCUT2D eigenvalue weighted by Crippen LogP contribution is 2.22. The van der Waals surface area contributed by atoms with Crippen LogP contribution in [0.15, 0.2) is 0 Å². The van der Waals surface area contributed by atoms with Gasteiger partial charge < -0.3 is 10.2 Å². The maximum absolute atomic E-state index is 9.89. The lowest BCUT2D eigenvalue weighted by Gasteiger charge is -2.25. The standard InChI is InChI=1S/C10H22O2/c1-3-5-6-7-10(12,4-2)8-9-11/h11-12H,3-9H2,1-2H3. The van der Waals surface area contributed by atoms with E-state index in [0.717, 1.165) is 19.3 Å². The van der Waals surface area contributed by atoms with Gasteiger partial charge in [0.05, 0.1) is 5.60 Å². The summed E-state index contributed by atoms with van der Waals surface area (Å²) in [6.07, 6.45) is 5.52. The molecule has 2 N–H and O–H groups in total. The van der Waals surface area contributed by atoms with Crippen molar-refractivity contribution in [2.24, 2.45) is 0 Å². The van der Waals surface area contributed by atoms with Crippen LogP contribution in [0.25, 0.3) is 0 Å². The van der Waals surface area contributed by atoms with Crippen LogP contribution in [0.4, 0.5) is 0 Å². The molecule has 0 spiro atoms. The molecule has 0 aromatic heterocycles. The van der Waals surface area contributed by atoms with Crippen LogP contribution in [-0.2, 0) is 0 Å². The molecule has 2 nitrogen and oxygen atoms in total. The largest absolute Gasteiger partial charge is 0.396 e. The lowest BCUT2D eigenvalue weighted by molar-refractivity contribution is 0.00234. The highest BCUT2D eigenvalue weighted by molar-refractivity contribution is 4.75. The summed E-state index contributed by atoms with van der Waals surface area (Å²) in [6, 6.07) is 0. The molecule has 0 heterocycles. The van der Waals surface area contributed by atoms with Crippen molar-refractivity contribution in [3.8, 4) is 0 Å². The van der Waals surface area contributed by atoms with E-state index in [9.17, 15) is 5.11 Å². The second-order valence-electron chi connectivity index (χ2n) is 3.51. The third kappa shape index (κ3) is 4.73. The minimum atomic E-state index is -0.607. The van der Waals surface area contributed by atoms with Gasteiger partial charge in [-0.15, -0.1) is 0 Å². The van der Waals surface area contributed by atoms with Crippen molar-refractivity contribution in [3.63, 3.8) is 0 Å². The van der Waals surface area contributed by atoms with E-state index in [-0.39, 0.29) is 6.61 Å². The van der Waals surface area contributed by atoms with E-state index in [1.54, 1.807) is 0 Å². The van der Waals surface area contributed by atoms with Crippen molar-refractivity contribution < 1.29 is 10.2 Å². The molecule has 0 aliphatic heterocycles. The molecule has 0 radical (unpaired) electrons. The summed E-state index contributed by atoms with van der Waals surface area (Å²) in [4.78, 5) is 0. The summed E-state index contributed by atoms with van der Waals surface area (Å²) >= 11 is 0. The lowest BCUT2D eigenvalue weighted by atomic mass is 9.90. The highest BCUT2D eigenvalue weighted by Gasteiger charge is 2.22. The van der Waals surface area contributed by atoms with E-state index in [2.05, 4.69) is 6.92 Å². The van der Waals surface area contributed by atoms with Gasteiger partial charge in [0, 0.05) is 6.61 Å². The Morgan fingerprint density at radius 3 is 2.17 bits per heavy atom. The molecule has 0 rings (SSSR count). The first-order chi connectivity index (χ1) is 5.68. The molecule has 12 heavy (non-hydrogen) atoms. The van der Waals surface area contributed by atoms with Gasteiger partial charge in [-0.2, -0.15) is 0 Å². The highest BCUT2D eigenvalue weighted by atomic mass is 16.3. The monoisotopic (exact) mass is 174 g/mol. The zero-order valence-electron chi connectivity index (χ0n) is 8.34. The van der Waals surface area contributed by atoms with Gasteiger partial charge in [-0.05, 0) is 19.3 Å². The van der Waals surface area contributed by atoms with Gasteiger partial charge in [-0.1, -0.05) is 33.1 Å². The quantitative estimate of drug-likeness (QED) is 0.580. The third-order valence-electron chi connectivity index (χ3n) is 2.48. The number of aliphatic hydroxyl groups excluding tert-OH is 1. The van der Waals surface area contributed by atoms with Crippen LogP contribution in [0.3, 0.4) is 0 Å². The number of aliphatic hydroxyl groups is 2. The smallest absolute Gasteiger partial charge is 0.0667 e. The second-order valence-corrected chi connectivity index (χ2v) is 3.51. The number of hydrogen-bond acceptors (Lipinski definition) is 2. The van der Waals surface area contributed by atoms with Crippen molar-refractivity contribution in [1.29, 1.82) is 0 Å². The number of hydrogen-bond donors (Lipinski definition) is 2. The molecule has 0 aromatic carbocycles. The van der Waals surface area contributed by atoms with Gasteiger partial charge in [0.15, 0.2) is 0 Å². The van der Waals surface area contributed by atoms with Crippen LogP contribution < -0.4 is 0 Å². The van der Waals surface area contributed by atoms with E-state index in [4.69, 9.17) is 5.11 Å². The maximum atomic E-state index is 9.89. The first-order valence-corrected chi connectivity index (χ1v) is 5.01. The van der Waals surface area contributed by atoms with Crippen LogP contribution in [0.5, 0.6) is 0 Å². The molecule has 74 valence electrons. The van der Waals surface area contributed by atoms with Crippen molar-refractivity contribution >= 4 is 0 Å². The van der Waals surface area contributed by atoms with Crippen molar-refractivity contribution in [2.75, 3.05) is 6.61 Å². The summed E-state index contributed by atoms with van der Waals surface area (Å²) in [7, 11) is 0. The molecule has 1 atom stereocenters. The Morgan fingerprint density at radius 1 is 1.08 bits per heavy atom. The van der Waals surface area contributed by atoms with Crippen LogP contribution in [-0.4, -0.2) is 22.4 Å². The molecular formula is C10H22O2. The SMILES string of the molecule is CCCCCC(O)(CC)CCO. The lowest BCUT2D eigenvalue weighted by Crippen LogP contribution is -2.28. The summed E-state index contributed by atoms with van der Waals surface area (Å²) in [6.45, 7) is 4.22. The first-order valence-electron chi connectivity index (χ1n) is 5.01. The molecule has 0 fully saturated rings. The van der Waals surface area contributed by atoms with E-state index in [1.807, 2.05) is 6.92 Å².